The maximum atomic E-state index is 15.6. The molecule has 1 saturated heterocycles. The lowest BCUT2D eigenvalue weighted by Crippen LogP contribution is -2.58. The third kappa shape index (κ3) is 4.90. The maximum Gasteiger partial charge on any atom is 0.370 e. The van der Waals surface area contributed by atoms with Gasteiger partial charge in [0.1, 0.15) is 0 Å². The number of methoxy groups -OCH3 is 2. The van der Waals surface area contributed by atoms with Gasteiger partial charge < -0.3 is 9.47 Å². The first-order valence-corrected chi connectivity index (χ1v) is 9.78. The first-order valence-electron chi connectivity index (χ1n) is 9.78. The SMILES string of the molecule is CCCC(C(C)OC)N1CC(CC)N(C(CCC)C(C)OC)C1(F)F. The number of halogens is 2. The Bertz CT molecular complexity index is 384. The molecule has 1 heterocycles. The molecule has 6 heteroatoms. The number of hydrogen-bond acceptors (Lipinski definition) is 4. The van der Waals surface area contributed by atoms with E-state index >= 15 is 8.78 Å². The van der Waals surface area contributed by atoms with Crippen molar-refractivity contribution < 1.29 is 18.3 Å². The zero-order chi connectivity index (χ0) is 19.2. The van der Waals surface area contributed by atoms with Gasteiger partial charge in [-0.2, -0.15) is 8.78 Å². The van der Waals surface area contributed by atoms with Crippen molar-refractivity contribution in [3.63, 3.8) is 0 Å². The van der Waals surface area contributed by atoms with Crippen molar-refractivity contribution in [2.24, 2.45) is 0 Å². The van der Waals surface area contributed by atoms with Crippen molar-refractivity contribution in [2.45, 2.75) is 103 Å². The van der Waals surface area contributed by atoms with Crippen LogP contribution < -0.4 is 0 Å². The van der Waals surface area contributed by atoms with Crippen LogP contribution in [0.3, 0.4) is 0 Å². The summed E-state index contributed by atoms with van der Waals surface area (Å²) < 4.78 is 42.1. The zero-order valence-corrected chi connectivity index (χ0v) is 17.1. The molecular weight excluding hydrogens is 326 g/mol. The summed E-state index contributed by atoms with van der Waals surface area (Å²) in [4.78, 5) is 2.81. The van der Waals surface area contributed by atoms with Crippen molar-refractivity contribution >= 4 is 0 Å². The molecule has 5 unspecified atom stereocenters. The van der Waals surface area contributed by atoms with Gasteiger partial charge in [0.25, 0.3) is 0 Å². The predicted octanol–water partition coefficient (Wildman–Crippen LogP) is 4.34. The molecule has 0 aliphatic carbocycles. The number of hydrogen-bond donors (Lipinski definition) is 0. The largest absolute Gasteiger partial charge is 0.380 e. The van der Waals surface area contributed by atoms with Gasteiger partial charge in [0.15, 0.2) is 0 Å². The molecule has 5 atom stereocenters. The van der Waals surface area contributed by atoms with Gasteiger partial charge >= 0.3 is 6.17 Å². The lowest BCUT2D eigenvalue weighted by atomic mass is 10.0. The molecule has 0 N–H and O–H groups in total. The second-order valence-electron chi connectivity index (χ2n) is 7.22. The Labute approximate surface area is 152 Å². The van der Waals surface area contributed by atoms with Crippen LogP contribution in [0, 0.1) is 0 Å². The molecule has 0 radical (unpaired) electrons. The first kappa shape index (κ1) is 22.7. The Balaban J connectivity index is 3.21. The standard InChI is InChI=1S/C19H38F2N2O2/c1-8-11-17(14(4)24-6)22-13-16(10-3)23(19(22,20)21)18(12-9-2)15(5)25-7/h14-18H,8-13H2,1-7H3. The highest BCUT2D eigenvalue weighted by atomic mass is 19.3. The van der Waals surface area contributed by atoms with Crippen LogP contribution in [0.25, 0.3) is 0 Å². The Morgan fingerprint density at radius 2 is 1.44 bits per heavy atom. The van der Waals surface area contributed by atoms with Gasteiger partial charge in [0.2, 0.25) is 0 Å². The summed E-state index contributed by atoms with van der Waals surface area (Å²) in [7, 11) is 3.21. The van der Waals surface area contributed by atoms with E-state index in [1.165, 1.54) is 9.80 Å². The highest BCUT2D eigenvalue weighted by molar-refractivity contribution is 4.98. The van der Waals surface area contributed by atoms with Crippen LogP contribution in [-0.2, 0) is 9.47 Å². The average molecular weight is 365 g/mol. The molecule has 0 aromatic heterocycles. The van der Waals surface area contributed by atoms with Crippen molar-refractivity contribution in [3.05, 3.63) is 0 Å². The number of alkyl halides is 2. The van der Waals surface area contributed by atoms with E-state index in [1.54, 1.807) is 14.2 Å². The Morgan fingerprint density at radius 1 is 0.960 bits per heavy atom. The topological polar surface area (TPSA) is 24.9 Å². The Hall–Kier alpha value is -0.300. The van der Waals surface area contributed by atoms with Gasteiger partial charge in [-0.1, -0.05) is 33.6 Å². The minimum atomic E-state index is -2.99. The summed E-state index contributed by atoms with van der Waals surface area (Å²) in [6.07, 6.45) is 0.364. The van der Waals surface area contributed by atoms with E-state index in [1.807, 2.05) is 34.6 Å². The van der Waals surface area contributed by atoms with Gasteiger partial charge in [-0.15, -0.1) is 0 Å². The molecule has 150 valence electrons. The average Bonchev–Trinajstić information content (AvgIpc) is 2.86. The summed E-state index contributed by atoms with van der Waals surface area (Å²) in [5.74, 6) is 0. The molecule has 1 fully saturated rings. The van der Waals surface area contributed by atoms with E-state index in [9.17, 15) is 0 Å². The molecular formula is C19H38F2N2O2. The monoisotopic (exact) mass is 364 g/mol. The summed E-state index contributed by atoms with van der Waals surface area (Å²) in [6.45, 7) is 10.2. The summed E-state index contributed by atoms with van der Waals surface area (Å²) >= 11 is 0. The Morgan fingerprint density at radius 3 is 1.88 bits per heavy atom. The molecule has 0 aromatic carbocycles. The third-order valence-corrected chi connectivity index (χ3v) is 5.68. The maximum absolute atomic E-state index is 15.6. The second-order valence-corrected chi connectivity index (χ2v) is 7.22. The lowest BCUT2D eigenvalue weighted by molar-refractivity contribution is -0.255. The smallest absolute Gasteiger partial charge is 0.370 e. The van der Waals surface area contributed by atoms with E-state index in [0.29, 0.717) is 25.8 Å². The van der Waals surface area contributed by atoms with Crippen molar-refractivity contribution in [1.29, 1.82) is 0 Å². The molecule has 4 nitrogen and oxygen atoms in total. The van der Waals surface area contributed by atoms with E-state index < -0.39 is 6.17 Å². The van der Waals surface area contributed by atoms with E-state index in [2.05, 4.69) is 0 Å². The van der Waals surface area contributed by atoms with E-state index in [0.717, 1.165) is 12.8 Å². The van der Waals surface area contributed by atoms with Gasteiger partial charge in [0.05, 0.1) is 12.2 Å². The van der Waals surface area contributed by atoms with E-state index in [-0.39, 0.29) is 30.3 Å². The molecule has 0 amide bonds. The van der Waals surface area contributed by atoms with Crippen LogP contribution in [0.4, 0.5) is 8.78 Å². The molecule has 0 aromatic rings. The van der Waals surface area contributed by atoms with Crippen molar-refractivity contribution in [1.82, 2.24) is 9.80 Å². The van der Waals surface area contributed by atoms with Crippen LogP contribution in [0.5, 0.6) is 0 Å². The second kappa shape index (κ2) is 10.1. The molecule has 0 saturated carbocycles. The summed E-state index contributed by atoms with van der Waals surface area (Å²) in [5, 5.41) is 0. The fourth-order valence-electron chi connectivity index (χ4n) is 4.07. The van der Waals surface area contributed by atoms with E-state index in [4.69, 9.17) is 9.47 Å². The highest BCUT2D eigenvalue weighted by Crippen LogP contribution is 2.41. The van der Waals surface area contributed by atoms with Gasteiger partial charge in [0, 0.05) is 38.9 Å². The highest BCUT2D eigenvalue weighted by Gasteiger charge is 2.58. The van der Waals surface area contributed by atoms with Gasteiger partial charge in [-0.3, -0.25) is 0 Å². The van der Waals surface area contributed by atoms with Crippen molar-refractivity contribution in [2.75, 3.05) is 20.8 Å². The minimum Gasteiger partial charge on any atom is -0.380 e. The Kier molecular flexibility index (Phi) is 9.23. The van der Waals surface area contributed by atoms with Gasteiger partial charge in [-0.05, 0) is 33.1 Å². The summed E-state index contributed by atoms with van der Waals surface area (Å²) in [6, 6.07) is -0.753. The molecule has 1 aliphatic rings. The quantitative estimate of drug-likeness (QED) is 0.509. The fraction of sp³-hybridized carbons (Fsp3) is 1.00. The summed E-state index contributed by atoms with van der Waals surface area (Å²) in [5.41, 5.74) is 0. The van der Waals surface area contributed by atoms with Crippen LogP contribution in [0.15, 0.2) is 0 Å². The first-order chi connectivity index (χ1) is 11.8. The minimum absolute atomic E-state index is 0.174. The predicted molar refractivity (Wildman–Crippen MR) is 97.9 cm³/mol. The molecule has 25 heavy (non-hydrogen) atoms. The number of rotatable bonds is 11. The van der Waals surface area contributed by atoms with Crippen molar-refractivity contribution in [3.8, 4) is 0 Å². The fourth-order valence-corrected chi connectivity index (χ4v) is 4.07. The molecule has 1 aliphatic heterocycles. The number of nitrogens with zero attached hydrogens (tertiary/aromatic N) is 2. The van der Waals surface area contributed by atoms with Crippen LogP contribution in [0.2, 0.25) is 0 Å². The third-order valence-electron chi connectivity index (χ3n) is 5.68. The normalized spacial score (nSPS) is 26.5. The number of ether oxygens (including phenoxy) is 2. The van der Waals surface area contributed by atoms with Gasteiger partial charge in [-0.25, -0.2) is 9.80 Å². The lowest BCUT2D eigenvalue weighted by Gasteiger charge is -2.41. The van der Waals surface area contributed by atoms with Crippen LogP contribution >= 0.6 is 0 Å². The molecule has 1 rings (SSSR count). The van der Waals surface area contributed by atoms with Crippen LogP contribution in [0.1, 0.15) is 66.7 Å². The molecule has 0 bridgehead atoms. The molecule has 0 spiro atoms. The zero-order valence-electron chi connectivity index (χ0n) is 17.1. The van der Waals surface area contributed by atoms with Crippen LogP contribution in [-0.4, -0.2) is 67.1 Å².